The van der Waals surface area contributed by atoms with E-state index in [1.807, 2.05) is 13.0 Å². The number of β-amino-alcohol motifs (C(OH)–C–C–N with tert-alkyl or cyclic N) is 1. The monoisotopic (exact) mass is 440 g/mol. The minimum Gasteiger partial charge on any atom is -0.490 e. The highest BCUT2D eigenvalue weighted by molar-refractivity contribution is 6.42. The molecule has 0 spiro atoms. The molecule has 7 nitrogen and oxygen atoms in total. The first-order valence-electron chi connectivity index (χ1n) is 9.63. The normalized spacial score (nSPS) is 16.6. The molecule has 9 heteroatoms. The average molecular weight is 441 g/mol. The number of rotatable bonds is 7. The molecule has 2 heterocycles. The van der Waals surface area contributed by atoms with Gasteiger partial charge in [0.2, 0.25) is 0 Å². The Bertz CT molecular complexity index is 850. The van der Waals surface area contributed by atoms with Crippen molar-refractivity contribution in [3.05, 3.63) is 45.7 Å². The molecular formula is C20H26Cl2N4O3. The van der Waals surface area contributed by atoms with Crippen molar-refractivity contribution in [1.82, 2.24) is 20.0 Å². The lowest BCUT2D eigenvalue weighted by Crippen LogP contribution is -2.45. The van der Waals surface area contributed by atoms with Crippen LogP contribution in [-0.4, -0.2) is 64.1 Å². The summed E-state index contributed by atoms with van der Waals surface area (Å²) in [5.74, 6) is 0.479. The summed E-state index contributed by atoms with van der Waals surface area (Å²) in [5, 5.41) is 18.2. The smallest absolute Gasteiger partial charge is 0.269 e. The molecule has 1 aromatic heterocycles. The maximum atomic E-state index is 12.2. The van der Waals surface area contributed by atoms with Crippen molar-refractivity contribution in [2.45, 2.75) is 32.0 Å². The quantitative estimate of drug-likeness (QED) is 0.691. The van der Waals surface area contributed by atoms with Gasteiger partial charge in [-0.3, -0.25) is 9.48 Å². The topological polar surface area (TPSA) is 79.6 Å². The van der Waals surface area contributed by atoms with Gasteiger partial charge in [-0.05, 0) is 38.0 Å². The number of nitrogens with one attached hydrogen (secondary N) is 1. The van der Waals surface area contributed by atoms with Crippen molar-refractivity contribution in [3.63, 3.8) is 0 Å². The summed E-state index contributed by atoms with van der Waals surface area (Å²) < 4.78 is 7.53. The molecule has 29 heavy (non-hydrogen) atoms. The zero-order valence-corrected chi connectivity index (χ0v) is 18.1. The number of amides is 1. The van der Waals surface area contributed by atoms with Crippen LogP contribution in [0.25, 0.3) is 0 Å². The summed E-state index contributed by atoms with van der Waals surface area (Å²) in [6, 6.07) is 7.00. The largest absolute Gasteiger partial charge is 0.490 e. The van der Waals surface area contributed by atoms with Crippen molar-refractivity contribution in [2.24, 2.45) is 7.05 Å². The molecule has 0 unspecified atom stereocenters. The second-order valence-corrected chi connectivity index (χ2v) is 8.17. The van der Waals surface area contributed by atoms with Gasteiger partial charge >= 0.3 is 0 Å². The average Bonchev–Trinajstić information content (AvgIpc) is 3.02. The third-order valence-corrected chi connectivity index (χ3v) is 5.67. The molecule has 1 aromatic carbocycles. The molecule has 2 aromatic rings. The number of aryl methyl sites for hydroxylation is 2. The van der Waals surface area contributed by atoms with Gasteiger partial charge < -0.3 is 20.1 Å². The van der Waals surface area contributed by atoms with Crippen LogP contribution >= 0.6 is 23.2 Å². The van der Waals surface area contributed by atoms with Gasteiger partial charge in [-0.15, -0.1) is 0 Å². The maximum absolute atomic E-state index is 12.2. The van der Waals surface area contributed by atoms with E-state index in [9.17, 15) is 9.90 Å². The third kappa shape index (κ3) is 6.09. The van der Waals surface area contributed by atoms with E-state index >= 15 is 0 Å². The van der Waals surface area contributed by atoms with Gasteiger partial charge in [0, 0.05) is 39.3 Å². The summed E-state index contributed by atoms with van der Waals surface area (Å²) in [5.41, 5.74) is 1.26. The summed E-state index contributed by atoms with van der Waals surface area (Å²) in [7, 11) is 1.72. The highest BCUT2D eigenvalue weighted by Crippen LogP contribution is 2.28. The van der Waals surface area contributed by atoms with Gasteiger partial charge in [0.25, 0.3) is 5.91 Å². The summed E-state index contributed by atoms with van der Waals surface area (Å²) in [4.78, 5) is 14.4. The van der Waals surface area contributed by atoms with Crippen LogP contribution < -0.4 is 10.1 Å². The van der Waals surface area contributed by atoms with Gasteiger partial charge in [0.1, 0.15) is 17.5 Å². The van der Waals surface area contributed by atoms with Crippen molar-refractivity contribution >= 4 is 29.1 Å². The van der Waals surface area contributed by atoms with Gasteiger partial charge in [-0.1, -0.05) is 23.2 Å². The number of aromatic nitrogens is 2. The minimum atomic E-state index is -0.638. The molecule has 2 N–H and O–H groups in total. The molecule has 1 saturated heterocycles. The minimum absolute atomic E-state index is 0.105. The number of piperidine rings is 1. The standard InChI is InChI=1S/C20H26Cl2N4O3/c1-13-9-19(25(2)24-13)20(28)23-11-14(27)12-26-7-5-15(6-8-26)29-16-3-4-17(21)18(22)10-16/h3-4,9-10,14-15,27H,5-8,11-12H2,1-2H3,(H,23,28)/t14-/m1/s1. The van der Waals surface area contributed by atoms with Crippen LogP contribution in [0.4, 0.5) is 0 Å². The van der Waals surface area contributed by atoms with Crippen LogP contribution in [0.1, 0.15) is 29.0 Å². The molecule has 1 aliphatic rings. The van der Waals surface area contributed by atoms with E-state index in [-0.39, 0.29) is 18.6 Å². The fourth-order valence-corrected chi connectivity index (χ4v) is 3.73. The second-order valence-electron chi connectivity index (χ2n) is 7.35. The number of hydrogen-bond acceptors (Lipinski definition) is 5. The number of hydrogen-bond donors (Lipinski definition) is 2. The highest BCUT2D eigenvalue weighted by atomic mass is 35.5. The Morgan fingerprint density at radius 2 is 2.03 bits per heavy atom. The van der Waals surface area contributed by atoms with Crippen LogP contribution in [0.15, 0.2) is 24.3 Å². The Kier molecular flexibility index (Phi) is 7.40. The molecule has 1 amide bonds. The Hall–Kier alpha value is -1.80. The Labute approximate surface area is 180 Å². The third-order valence-electron chi connectivity index (χ3n) is 4.93. The molecule has 1 fully saturated rings. The van der Waals surface area contributed by atoms with Crippen molar-refractivity contribution in [3.8, 4) is 5.75 Å². The number of carbonyl (C=O) groups is 1. The van der Waals surface area contributed by atoms with E-state index in [2.05, 4.69) is 15.3 Å². The number of aliphatic hydroxyl groups is 1. The van der Waals surface area contributed by atoms with E-state index in [0.29, 0.717) is 28.0 Å². The van der Waals surface area contributed by atoms with Gasteiger partial charge in [-0.25, -0.2) is 0 Å². The summed E-state index contributed by atoms with van der Waals surface area (Å²) in [6.07, 6.45) is 1.18. The van der Waals surface area contributed by atoms with E-state index in [1.165, 1.54) is 4.68 Å². The first kappa shape index (κ1) is 21.9. The number of likely N-dealkylation sites (tertiary alicyclic amines) is 1. The SMILES string of the molecule is Cc1cc(C(=O)NC[C@@H](O)CN2CCC(Oc3ccc(Cl)c(Cl)c3)CC2)n(C)n1. The Morgan fingerprint density at radius 3 is 2.66 bits per heavy atom. The number of aliphatic hydroxyl groups excluding tert-OH is 1. The van der Waals surface area contributed by atoms with E-state index < -0.39 is 6.10 Å². The first-order chi connectivity index (χ1) is 13.8. The second kappa shape index (κ2) is 9.80. The molecule has 0 saturated carbocycles. The molecule has 1 atom stereocenters. The van der Waals surface area contributed by atoms with E-state index in [4.69, 9.17) is 27.9 Å². The van der Waals surface area contributed by atoms with Crippen LogP contribution in [0.5, 0.6) is 5.75 Å². The molecule has 0 radical (unpaired) electrons. The zero-order chi connectivity index (χ0) is 21.0. The molecule has 0 aliphatic carbocycles. The zero-order valence-electron chi connectivity index (χ0n) is 16.6. The predicted molar refractivity (Wildman–Crippen MR) is 113 cm³/mol. The van der Waals surface area contributed by atoms with Gasteiger partial charge in [0.15, 0.2) is 0 Å². The molecule has 3 rings (SSSR count). The highest BCUT2D eigenvalue weighted by Gasteiger charge is 2.23. The summed E-state index contributed by atoms with van der Waals surface area (Å²) >= 11 is 12.0. The number of benzene rings is 1. The number of nitrogens with zero attached hydrogens (tertiary/aromatic N) is 3. The Morgan fingerprint density at radius 1 is 1.31 bits per heavy atom. The number of carbonyl (C=O) groups excluding carboxylic acids is 1. The molecule has 158 valence electrons. The van der Waals surface area contributed by atoms with Crippen molar-refractivity contribution in [2.75, 3.05) is 26.2 Å². The summed E-state index contributed by atoms with van der Waals surface area (Å²) in [6.45, 7) is 4.17. The lowest BCUT2D eigenvalue weighted by molar-refractivity contribution is 0.0592. The fourth-order valence-electron chi connectivity index (χ4n) is 3.44. The van der Waals surface area contributed by atoms with E-state index in [0.717, 1.165) is 31.6 Å². The Balaban J connectivity index is 1.39. The fraction of sp³-hybridized carbons (Fsp3) is 0.500. The molecule has 0 bridgehead atoms. The van der Waals surface area contributed by atoms with Gasteiger partial charge in [0.05, 0.1) is 21.8 Å². The van der Waals surface area contributed by atoms with Gasteiger partial charge in [-0.2, -0.15) is 5.10 Å². The lowest BCUT2D eigenvalue weighted by atomic mass is 10.1. The number of ether oxygens (including phenoxy) is 1. The van der Waals surface area contributed by atoms with Crippen LogP contribution in [0, 0.1) is 6.92 Å². The molecular weight excluding hydrogens is 415 g/mol. The predicted octanol–water partition coefficient (Wildman–Crippen LogP) is 2.67. The first-order valence-corrected chi connectivity index (χ1v) is 10.4. The van der Waals surface area contributed by atoms with Crippen molar-refractivity contribution < 1.29 is 14.6 Å². The van der Waals surface area contributed by atoms with Crippen LogP contribution in [0.3, 0.4) is 0 Å². The number of halogens is 2. The molecule has 1 aliphatic heterocycles. The lowest BCUT2D eigenvalue weighted by Gasteiger charge is -2.33. The van der Waals surface area contributed by atoms with Crippen LogP contribution in [0.2, 0.25) is 10.0 Å². The van der Waals surface area contributed by atoms with Crippen molar-refractivity contribution in [1.29, 1.82) is 0 Å². The van der Waals surface area contributed by atoms with Crippen LogP contribution in [-0.2, 0) is 7.05 Å². The van der Waals surface area contributed by atoms with E-state index in [1.54, 1.807) is 25.2 Å². The maximum Gasteiger partial charge on any atom is 0.269 e.